The van der Waals surface area contributed by atoms with Crippen LogP contribution in [0.15, 0.2) is 30.3 Å². The number of likely N-dealkylation sites (N-methyl/N-ethyl adjacent to an activating group) is 1. The number of amides is 3. The van der Waals surface area contributed by atoms with Crippen LogP contribution in [0.25, 0.3) is 0 Å². The van der Waals surface area contributed by atoms with Crippen LogP contribution in [0.2, 0.25) is 0 Å². The maximum absolute atomic E-state index is 12.5. The predicted octanol–water partition coefficient (Wildman–Crippen LogP) is 0.765. The first-order valence-electron chi connectivity index (χ1n) is 9.44. The summed E-state index contributed by atoms with van der Waals surface area (Å²) in [7, 11) is 0. The number of Topliss-reactive ketones (excluding diaryl/α,β-unsaturated/α-hetero) is 1. The number of ketones is 1. The van der Waals surface area contributed by atoms with Gasteiger partial charge in [-0.1, -0.05) is 51.1 Å². The van der Waals surface area contributed by atoms with E-state index in [1.807, 2.05) is 37.3 Å². The van der Waals surface area contributed by atoms with Crippen molar-refractivity contribution >= 4 is 23.5 Å². The third-order valence-corrected chi connectivity index (χ3v) is 4.00. The van der Waals surface area contributed by atoms with Crippen molar-refractivity contribution in [1.29, 1.82) is 0 Å². The number of carbonyl (C=O) groups excluding carboxylic acids is 4. The summed E-state index contributed by atoms with van der Waals surface area (Å²) in [5.41, 5.74) is 0.870. The van der Waals surface area contributed by atoms with Gasteiger partial charge in [0.25, 0.3) is 0 Å². The first-order valence-corrected chi connectivity index (χ1v) is 9.44. The van der Waals surface area contributed by atoms with Crippen molar-refractivity contribution in [3.05, 3.63) is 35.9 Å². The number of rotatable bonds is 12. The minimum Gasteiger partial charge on any atom is -0.347 e. The van der Waals surface area contributed by atoms with Gasteiger partial charge in [0.2, 0.25) is 17.7 Å². The Morgan fingerprint density at radius 3 is 2.21 bits per heavy atom. The lowest BCUT2D eigenvalue weighted by Crippen LogP contribution is -2.51. The highest BCUT2D eigenvalue weighted by molar-refractivity contribution is 5.93. The smallest absolute Gasteiger partial charge is 0.243 e. The fourth-order valence-electron chi connectivity index (χ4n) is 2.29. The third kappa shape index (κ3) is 9.27. The third-order valence-electron chi connectivity index (χ3n) is 4.00. The van der Waals surface area contributed by atoms with Crippen LogP contribution in [-0.2, 0) is 25.6 Å². The van der Waals surface area contributed by atoms with Crippen LogP contribution in [0.3, 0.4) is 0 Å². The van der Waals surface area contributed by atoms with E-state index in [9.17, 15) is 19.2 Å². The van der Waals surface area contributed by atoms with Crippen LogP contribution in [0.1, 0.15) is 32.0 Å². The molecule has 0 spiro atoms. The Labute approximate surface area is 171 Å². The van der Waals surface area contributed by atoms with E-state index < -0.39 is 17.9 Å². The van der Waals surface area contributed by atoms with Gasteiger partial charge in [-0.25, -0.2) is 0 Å². The molecular weight excluding hydrogens is 360 g/mol. The Balaban J connectivity index is -0.000000980. The van der Waals surface area contributed by atoms with Crippen molar-refractivity contribution in [3.8, 4) is 0 Å². The molecule has 8 nitrogen and oxygen atoms in total. The molecule has 4 N–H and O–H groups in total. The highest BCUT2D eigenvalue weighted by Crippen LogP contribution is 2.04. The van der Waals surface area contributed by atoms with Crippen molar-refractivity contribution in [3.63, 3.8) is 0 Å². The van der Waals surface area contributed by atoms with Crippen molar-refractivity contribution in [2.24, 2.45) is 5.92 Å². The Hall–Kier alpha value is -2.74. The summed E-state index contributed by atoms with van der Waals surface area (Å²) < 4.78 is 0. The lowest BCUT2D eigenvalue weighted by Gasteiger charge is -2.19. The second-order valence-electron chi connectivity index (χ2n) is 6.71. The topological polar surface area (TPSA) is 116 Å². The Bertz CT molecular complexity index is 679. The molecule has 0 saturated heterocycles. The normalized spacial score (nSPS) is 11.6. The van der Waals surface area contributed by atoms with E-state index in [4.69, 9.17) is 0 Å². The molecule has 0 aliphatic heterocycles. The summed E-state index contributed by atoms with van der Waals surface area (Å²) in [6.45, 7) is 5.84. The van der Waals surface area contributed by atoms with E-state index in [0.29, 0.717) is 6.54 Å². The largest absolute Gasteiger partial charge is 0.347 e. The fourth-order valence-corrected chi connectivity index (χ4v) is 2.29. The molecular formula is C20H38N4O4. The van der Waals surface area contributed by atoms with Gasteiger partial charge in [0.05, 0.1) is 19.6 Å². The van der Waals surface area contributed by atoms with Crippen molar-refractivity contribution < 1.29 is 24.9 Å². The molecule has 0 aliphatic carbocycles. The fraction of sp³-hybridized carbons (Fsp3) is 0.500. The number of carbonyl (C=O) groups is 4. The van der Waals surface area contributed by atoms with Gasteiger partial charge in [0, 0.05) is 18.0 Å². The molecule has 1 aromatic rings. The zero-order chi connectivity index (χ0) is 20.9. The van der Waals surface area contributed by atoms with Crippen LogP contribution in [0.5, 0.6) is 0 Å². The first kappa shape index (κ1) is 23.3. The van der Waals surface area contributed by atoms with E-state index in [1.54, 1.807) is 13.8 Å². The summed E-state index contributed by atoms with van der Waals surface area (Å²) >= 11 is 0. The van der Waals surface area contributed by atoms with E-state index in [0.717, 1.165) is 5.56 Å². The summed E-state index contributed by atoms with van der Waals surface area (Å²) in [5.74, 6) is -1.49. The quantitative estimate of drug-likeness (QED) is 0.415. The van der Waals surface area contributed by atoms with Crippen LogP contribution in [0.4, 0.5) is 0 Å². The summed E-state index contributed by atoms with van der Waals surface area (Å²) in [5, 5.41) is 10.6. The molecule has 0 saturated carbocycles. The van der Waals surface area contributed by atoms with Crippen molar-refractivity contribution in [2.75, 3.05) is 26.2 Å². The molecule has 3 amide bonds. The van der Waals surface area contributed by atoms with Gasteiger partial charge in [0.15, 0.2) is 5.78 Å². The molecule has 0 unspecified atom stereocenters. The van der Waals surface area contributed by atoms with E-state index in [2.05, 4.69) is 21.3 Å². The molecule has 8 heteroatoms. The molecule has 0 heterocycles. The number of nitrogens with one attached hydrogen (secondary N) is 4. The molecule has 162 valence electrons. The average Bonchev–Trinajstić information content (AvgIpc) is 2.68. The Kier molecular flexibility index (Phi) is 10.5. The van der Waals surface area contributed by atoms with E-state index >= 15 is 0 Å². The SMILES string of the molecule is CCNCC(=O)NCC(=O)N[C@@H](Cc1ccccc1)C(=O)NCC(=O)C(C)C.[HH].[HH].[HH].[HH]. The van der Waals surface area contributed by atoms with E-state index in [-0.39, 0.29) is 49.4 Å². The molecule has 1 atom stereocenters. The van der Waals surface area contributed by atoms with Crippen LogP contribution in [0, 0.1) is 5.92 Å². The monoisotopic (exact) mass is 398 g/mol. The Morgan fingerprint density at radius 2 is 1.61 bits per heavy atom. The second-order valence-corrected chi connectivity index (χ2v) is 6.71. The predicted molar refractivity (Wildman–Crippen MR) is 115 cm³/mol. The standard InChI is InChI=1S/C20H30N4O4.4H2/c1-4-21-12-18(26)22-13-19(27)24-16(10-15-8-6-5-7-9-15)20(28)23-11-17(25)14(2)3;;;;/h5-9,14,16,21H,4,10-13H2,1-3H3,(H,22,26)(H,23,28)(H,24,27);4*1H/t16-;;;;/m0..../s1. The average molecular weight is 399 g/mol. The van der Waals surface area contributed by atoms with Gasteiger partial charge >= 0.3 is 0 Å². The van der Waals surface area contributed by atoms with Crippen molar-refractivity contribution in [2.45, 2.75) is 33.2 Å². The van der Waals surface area contributed by atoms with Gasteiger partial charge < -0.3 is 21.3 Å². The van der Waals surface area contributed by atoms with Crippen LogP contribution < -0.4 is 21.3 Å². The number of benzene rings is 1. The first-order chi connectivity index (χ1) is 13.3. The lowest BCUT2D eigenvalue weighted by atomic mass is 10.0. The highest BCUT2D eigenvalue weighted by Gasteiger charge is 2.22. The van der Waals surface area contributed by atoms with Gasteiger partial charge in [-0.3, -0.25) is 19.2 Å². The summed E-state index contributed by atoms with van der Waals surface area (Å²) in [4.78, 5) is 48.0. The highest BCUT2D eigenvalue weighted by atomic mass is 16.2. The second kappa shape index (κ2) is 12.6. The molecule has 0 radical (unpaired) electrons. The van der Waals surface area contributed by atoms with Gasteiger partial charge in [0.1, 0.15) is 6.04 Å². The zero-order valence-electron chi connectivity index (χ0n) is 16.7. The molecule has 0 fully saturated rings. The maximum Gasteiger partial charge on any atom is 0.243 e. The molecule has 0 aliphatic rings. The van der Waals surface area contributed by atoms with E-state index in [1.165, 1.54) is 0 Å². The summed E-state index contributed by atoms with van der Waals surface area (Å²) in [6.07, 6.45) is 0.277. The van der Waals surface area contributed by atoms with Gasteiger partial charge in [-0.2, -0.15) is 0 Å². The minimum atomic E-state index is -0.847. The van der Waals surface area contributed by atoms with Gasteiger partial charge in [-0.15, -0.1) is 0 Å². The minimum absolute atomic E-state index is 0. The molecule has 0 bridgehead atoms. The lowest BCUT2D eigenvalue weighted by molar-refractivity contribution is -0.130. The molecule has 1 aromatic carbocycles. The molecule has 28 heavy (non-hydrogen) atoms. The number of hydrogen-bond donors (Lipinski definition) is 4. The van der Waals surface area contributed by atoms with Crippen molar-refractivity contribution in [1.82, 2.24) is 21.3 Å². The zero-order valence-corrected chi connectivity index (χ0v) is 16.7. The number of hydrogen-bond acceptors (Lipinski definition) is 5. The molecule has 0 aromatic heterocycles. The molecule has 1 rings (SSSR count). The van der Waals surface area contributed by atoms with Crippen LogP contribution >= 0.6 is 0 Å². The Morgan fingerprint density at radius 1 is 0.929 bits per heavy atom. The summed E-state index contributed by atoms with van der Waals surface area (Å²) in [6, 6.07) is 8.40. The maximum atomic E-state index is 12.5. The van der Waals surface area contributed by atoms with Gasteiger partial charge in [-0.05, 0) is 12.1 Å². The van der Waals surface area contributed by atoms with Crippen LogP contribution in [-0.4, -0.2) is 55.7 Å².